The quantitative estimate of drug-likeness (QED) is 0.342. The van der Waals surface area contributed by atoms with E-state index in [4.69, 9.17) is 9.47 Å². The van der Waals surface area contributed by atoms with Crippen molar-refractivity contribution >= 4 is 29.9 Å². The number of likely N-dealkylation sites (tertiary alicyclic amines) is 1. The second-order valence-electron chi connectivity index (χ2n) is 6.68. The van der Waals surface area contributed by atoms with Gasteiger partial charge in [-0.3, -0.25) is 4.99 Å². The second-order valence-corrected chi connectivity index (χ2v) is 6.68. The van der Waals surface area contributed by atoms with Crippen molar-refractivity contribution in [3.05, 3.63) is 59.9 Å². The summed E-state index contributed by atoms with van der Waals surface area (Å²) >= 11 is 0. The van der Waals surface area contributed by atoms with E-state index in [2.05, 4.69) is 15.2 Å². The van der Waals surface area contributed by atoms with Crippen LogP contribution in [-0.4, -0.2) is 43.7 Å². The third-order valence-corrected chi connectivity index (χ3v) is 4.82. The number of guanidine groups is 1. The first kappa shape index (κ1) is 23.4. The number of hydrogen-bond acceptors (Lipinski definition) is 3. The van der Waals surface area contributed by atoms with Crippen LogP contribution in [-0.2, 0) is 11.3 Å². The van der Waals surface area contributed by atoms with Crippen molar-refractivity contribution in [2.75, 3.05) is 26.7 Å². The van der Waals surface area contributed by atoms with Crippen LogP contribution in [0.15, 0.2) is 53.5 Å². The Hall–Kier alpha value is -1.87. The first-order valence-electron chi connectivity index (χ1n) is 9.78. The normalized spacial score (nSPS) is 15.0. The molecular weight excluding hydrogens is 484 g/mol. The van der Waals surface area contributed by atoms with Crippen LogP contribution in [0.4, 0.5) is 4.39 Å². The van der Waals surface area contributed by atoms with Crippen LogP contribution in [0.2, 0.25) is 0 Å². The number of ether oxygens (including phenoxy) is 2. The van der Waals surface area contributed by atoms with Crippen molar-refractivity contribution in [1.29, 1.82) is 0 Å². The van der Waals surface area contributed by atoms with Crippen LogP contribution in [0, 0.1) is 5.82 Å². The molecule has 1 fully saturated rings. The Morgan fingerprint density at radius 2 is 1.76 bits per heavy atom. The van der Waals surface area contributed by atoms with Crippen LogP contribution in [0.1, 0.15) is 25.3 Å². The smallest absolute Gasteiger partial charge is 0.193 e. The number of halogens is 2. The molecule has 1 saturated heterocycles. The lowest BCUT2D eigenvalue weighted by Crippen LogP contribution is -2.46. The van der Waals surface area contributed by atoms with Gasteiger partial charge >= 0.3 is 0 Å². The topological polar surface area (TPSA) is 46.1 Å². The molecule has 0 spiro atoms. The summed E-state index contributed by atoms with van der Waals surface area (Å²) in [6, 6.07) is 14.1. The lowest BCUT2D eigenvalue weighted by Gasteiger charge is -2.34. The van der Waals surface area contributed by atoms with E-state index in [1.165, 1.54) is 6.07 Å². The number of benzene rings is 2. The fourth-order valence-electron chi connectivity index (χ4n) is 3.37. The van der Waals surface area contributed by atoms with Crippen LogP contribution < -0.4 is 10.1 Å². The molecule has 1 heterocycles. The molecule has 0 unspecified atom stereocenters. The van der Waals surface area contributed by atoms with Crippen molar-refractivity contribution < 1.29 is 13.9 Å². The average Bonchev–Trinajstić information content (AvgIpc) is 2.72. The predicted octanol–water partition coefficient (Wildman–Crippen LogP) is 4.81. The summed E-state index contributed by atoms with van der Waals surface area (Å²) in [5.41, 5.74) is 0.941. The van der Waals surface area contributed by atoms with Gasteiger partial charge in [-0.05, 0) is 38.0 Å². The van der Waals surface area contributed by atoms with Crippen LogP contribution in [0.25, 0.3) is 0 Å². The number of piperidine rings is 1. The summed E-state index contributed by atoms with van der Waals surface area (Å²) in [6.45, 7) is 5.17. The predicted molar refractivity (Wildman–Crippen MR) is 125 cm³/mol. The summed E-state index contributed by atoms with van der Waals surface area (Å²) in [5.74, 6) is 1.33. The van der Waals surface area contributed by atoms with E-state index >= 15 is 0 Å². The lowest BCUT2D eigenvalue weighted by atomic mass is 10.1. The maximum absolute atomic E-state index is 13.9. The standard InChI is InChI=1S/C22H28FN3O2.HI/c1-3-27-18-12-14-26(15-13-18)22(24-2)25-16-17-8-4-6-10-20(17)28-21-11-7-5-9-19(21)23;/h4-11,18H,3,12-16H2,1-2H3,(H,24,25);1H. The van der Waals surface area contributed by atoms with Gasteiger partial charge in [0.05, 0.1) is 6.10 Å². The second kappa shape index (κ2) is 12.0. The van der Waals surface area contributed by atoms with Gasteiger partial charge in [0.2, 0.25) is 0 Å². The minimum absolute atomic E-state index is 0. The Bertz CT molecular complexity index is 795. The van der Waals surface area contributed by atoms with Crippen molar-refractivity contribution in [3.63, 3.8) is 0 Å². The highest BCUT2D eigenvalue weighted by molar-refractivity contribution is 14.0. The molecule has 2 aromatic rings. The monoisotopic (exact) mass is 513 g/mol. The van der Waals surface area contributed by atoms with Gasteiger partial charge in [0.25, 0.3) is 0 Å². The van der Waals surface area contributed by atoms with Crippen LogP contribution >= 0.6 is 24.0 Å². The Morgan fingerprint density at radius 3 is 2.41 bits per heavy atom. The molecule has 158 valence electrons. The van der Waals surface area contributed by atoms with Crippen molar-refractivity contribution in [2.45, 2.75) is 32.4 Å². The number of para-hydroxylation sites is 2. The molecule has 7 heteroatoms. The fourth-order valence-corrected chi connectivity index (χ4v) is 3.37. The summed E-state index contributed by atoms with van der Waals surface area (Å²) in [5, 5.41) is 3.40. The van der Waals surface area contributed by atoms with Crippen molar-refractivity contribution in [3.8, 4) is 11.5 Å². The van der Waals surface area contributed by atoms with Gasteiger partial charge in [-0.1, -0.05) is 30.3 Å². The Labute approximate surface area is 189 Å². The largest absolute Gasteiger partial charge is 0.454 e. The van der Waals surface area contributed by atoms with E-state index in [0.29, 0.717) is 18.4 Å². The van der Waals surface area contributed by atoms with Crippen LogP contribution in [0.5, 0.6) is 11.5 Å². The fraction of sp³-hybridized carbons (Fsp3) is 0.409. The van der Waals surface area contributed by atoms with E-state index in [-0.39, 0.29) is 35.5 Å². The molecule has 0 amide bonds. The number of hydrogen-bond donors (Lipinski definition) is 1. The lowest BCUT2D eigenvalue weighted by molar-refractivity contribution is 0.0263. The number of nitrogens with zero attached hydrogens (tertiary/aromatic N) is 2. The molecule has 1 aliphatic rings. The molecule has 0 bridgehead atoms. The SMILES string of the molecule is CCOC1CCN(C(=NC)NCc2ccccc2Oc2ccccc2F)CC1.I. The zero-order valence-corrected chi connectivity index (χ0v) is 19.3. The number of rotatable bonds is 6. The zero-order valence-electron chi connectivity index (χ0n) is 16.9. The molecule has 0 aromatic heterocycles. The first-order chi connectivity index (χ1) is 13.7. The number of nitrogens with one attached hydrogen (secondary N) is 1. The Balaban J connectivity index is 0.00000300. The molecule has 0 radical (unpaired) electrons. The maximum atomic E-state index is 13.9. The molecule has 0 atom stereocenters. The summed E-state index contributed by atoms with van der Waals surface area (Å²) < 4.78 is 25.5. The third-order valence-electron chi connectivity index (χ3n) is 4.82. The highest BCUT2D eigenvalue weighted by Gasteiger charge is 2.21. The number of aliphatic imine (C=N–C) groups is 1. The van der Waals surface area contributed by atoms with E-state index in [1.54, 1.807) is 25.2 Å². The highest BCUT2D eigenvalue weighted by atomic mass is 127. The molecule has 1 aliphatic heterocycles. The first-order valence-corrected chi connectivity index (χ1v) is 9.78. The molecule has 1 N–H and O–H groups in total. The molecular formula is C22H29FIN3O2. The maximum Gasteiger partial charge on any atom is 0.193 e. The van der Waals surface area contributed by atoms with Crippen molar-refractivity contribution in [2.24, 2.45) is 4.99 Å². The molecule has 3 rings (SSSR count). The Kier molecular flexibility index (Phi) is 9.66. The van der Waals surface area contributed by atoms with E-state index in [0.717, 1.165) is 44.1 Å². The Morgan fingerprint density at radius 1 is 1.10 bits per heavy atom. The molecule has 2 aromatic carbocycles. The summed E-state index contributed by atoms with van der Waals surface area (Å²) in [4.78, 5) is 6.66. The summed E-state index contributed by atoms with van der Waals surface area (Å²) in [6.07, 6.45) is 2.34. The highest BCUT2D eigenvalue weighted by Crippen LogP contribution is 2.27. The summed E-state index contributed by atoms with van der Waals surface area (Å²) in [7, 11) is 1.79. The minimum atomic E-state index is -0.377. The van der Waals surface area contributed by atoms with Crippen molar-refractivity contribution in [1.82, 2.24) is 10.2 Å². The van der Waals surface area contributed by atoms with Gasteiger partial charge in [-0.25, -0.2) is 4.39 Å². The van der Waals surface area contributed by atoms with Gasteiger partial charge in [-0.2, -0.15) is 0 Å². The average molecular weight is 513 g/mol. The van der Waals surface area contributed by atoms with Gasteiger partial charge in [0.1, 0.15) is 5.75 Å². The molecule has 0 aliphatic carbocycles. The van der Waals surface area contributed by atoms with E-state index in [9.17, 15) is 4.39 Å². The van der Waals surface area contributed by atoms with Crippen LogP contribution in [0.3, 0.4) is 0 Å². The van der Waals surface area contributed by atoms with Gasteiger partial charge in [0, 0.05) is 38.9 Å². The molecule has 5 nitrogen and oxygen atoms in total. The molecule has 0 saturated carbocycles. The van der Waals surface area contributed by atoms with E-state index in [1.807, 2.05) is 31.2 Å². The molecule has 29 heavy (non-hydrogen) atoms. The minimum Gasteiger partial charge on any atom is -0.454 e. The third kappa shape index (κ3) is 6.57. The van der Waals surface area contributed by atoms with Gasteiger partial charge < -0.3 is 19.7 Å². The van der Waals surface area contributed by atoms with E-state index < -0.39 is 0 Å². The van der Waals surface area contributed by atoms with Gasteiger partial charge in [-0.15, -0.1) is 24.0 Å². The van der Waals surface area contributed by atoms with Gasteiger partial charge in [0.15, 0.2) is 17.5 Å². The zero-order chi connectivity index (χ0) is 19.8.